The van der Waals surface area contributed by atoms with Gasteiger partial charge < -0.3 is 15.4 Å². The van der Waals surface area contributed by atoms with E-state index in [1.165, 1.54) is 16.2 Å². The largest absolute Gasteiger partial charge is 0.483 e. The van der Waals surface area contributed by atoms with Gasteiger partial charge in [0.1, 0.15) is 10.8 Å². The van der Waals surface area contributed by atoms with Crippen molar-refractivity contribution in [1.29, 1.82) is 0 Å². The van der Waals surface area contributed by atoms with Crippen LogP contribution in [-0.4, -0.2) is 25.5 Å². The maximum atomic E-state index is 12.4. The smallest absolute Gasteiger partial charge is 0.262 e. The molecule has 0 unspecified atom stereocenters. The highest BCUT2D eigenvalue weighted by molar-refractivity contribution is 7.17. The SMILES string of the molecule is CNC(=O)c1c(NC(=O)COc2cccc(C)c2C)sc2c1CCCC2. The molecule has 0 aliphatic heterocycles. The third-order valence-electron chi connectivity index (χ3n) is 4.79. The molecule has 1 aliphatic carbocycles. The number of ether oxygens (including phenoxy) is 1. The van der Waals surface area contributed by atoms with Gasteiger partial charge in [-0.05, 0) is 62.3 Å². The second-order valence-electron chi connectivity index (χ2n) is 6.53. The number of carbonyl (C=O) groups excluding carboxylic acids is 2. The van der Waals surface area contributed by atoms with Crippen LogP contribution in [0.3, 0.4) is 0 Å². The lowest BCUT2D eigenvalue weighted by molar-refractivity contribution is -0.118. The molecule has 26 heavy (non-hydrogen) atoms. The Labute approximate surface area is 157 Å². The summed E-state index contributed by atoms with van der Waals surface area (Å²) in [6.07, 6.45) is 4.07. The fourth-order valence-electron chi connectivity index (χ4n) is 3.21. The van der Waals surface area contributed by atoms with Gasteiger partial charge in [0.2, 0.25) is 0 Å². The molecule has 2 N–H and O–H groups in total. The number of hydrogen-bond donors (Lipinski definition) is 2. The lowest BCUT2D eigenvalue weighted by atomic mass is 9.95. The number of anilines is 1. The zero-order valence-corrected chi connectivity index (χ0v) is 16.2. The number of thiophene rings is 1. The highest BCUT2D eigenvalue weighted by Gasteiger charge is 2.25. The van der Waals surface area contributed by atoms with E-state index in [4.69, 9.17) is 4.74 Å². The maximum Gasteiger partial charge on any atom is 0.262 e. The summed E-state index contributed by atoms with van der Waals surface area (Å²) in [5.74, 6) is 0.307. The molecule has 138 valence electrons. The fraction of sp³-hybridized carbons (Fsp3) is 0.400. The van der Waals surface area contributed by atoms with Gasteiger partial charge in [-0.15, -0.1) is 11.3 Å². The highest BCUT2D eigenvalue weighted by atomic mass is 32.1. The fourth-order valence-corrected chi connectivity index (χ4v) is 4.51. The van der Waals surface area contributed by atoms with Crippen LogP contribution in [0, 0.1) is 13.8 Å². The summed E-state index contributed by atoms with van der Waals surface area (Å²) in [7, 11) is 1.62. The average Bonchev–Trinajstić information content (AvgIpc) is 3.00. The van der Waals surface area contributed by atoms with E-state index in [2.05, 4.69) is 10.6 Å². The van der Waals surface area contributed by atoms with Gasteiger partial charge in [0.25, 0.3) is 11.8 Å². The second kappa shape index (κ2) is 7.91. The van der Waals surface area contributed by atoms with Crippen LogP contribution in [0.2, 0.25) is 0 Å². The normalized spacial score (nSPS) is 13.0. The number of benzene rings is 1. The number of amides is 2. The minimum absolute atomic E-state index is 0.0833. The average molecular weight is 372 g/mol. The van der Waals surface area contributed by atoms with Gasteiger partial charge >= 0.3 is 0 Å². The first kappa shape index (κ1) is 18.5. The zero-order chi connectivity index (χ0) is 18.7. The van der Waals surface area contributed by atoms with Crippen molar-refractivity contribution in [2.75, 3.05) is 19.0 Å². The Kier molecular flexibility index (Phi) is 5.61. The van der Waals surface area contributed by atoms with E-state index >= 15 is 0 Å². The van der Waals surface area contributed by atoms with E-state index in [1.807, 2.05) is 32.0 Å². The molecule has 0 saturated heterocycles. The van der Waals surface area contributed by atoms with Crippen molar-refractivity contribution in [3.8, 4) is 5.75 Å². The highest BCUT2D eigenvalue weighted by Crippen LogP contribution is 2.38. The van der Waals surface area contributed by atoms with Crippen molar-refractivity contribution in [1.82, 2.24) is 5.32 Å². The Morgan fingerprint density at radius 1 is 1.19 bits per heavy atom. The number of hydrogen-bond acceptors (Lipinski definition) is 4. The minimum atomic E-state index is -0.255. The number of carbonyl (C=O) groups is 2. The Morgan fingerprint density at radius 2 is 1.96 bits per heavy atom. The summed E-state index contributed by atoms with van der Waals surface area (Å²) in [6.45, 7) is 3.90. The van der Waals surface area contributed by atoms with E-state index in [1.54, 1.807) is 7.05 Å². The van der Waals surface area contributed by atoms with E-state index in [0.29, 0.717) is 16.3 Å². The van der Waals surface area contributed by atoms with Crippen LogP contribution in [-0.2, 0) is 17.6 Å². The van der Waals surface area contributed by atoms with Gasteiger partial charge in [0.15, 0.2) is 6.61 Å². The van der Waals surface area contributed by atoms with Gasteiger partial charge in [0.05, 0.1) is 5.56 Å². The molecule has 3 rings (SSSR count). The molecule has 1 heterocycles. The predicted molar refractivity (Wildman–Crippen MR) is 104 cm³/mol. The lowest BCUT2D eigenvalue weighted by Gasteiger charge is -2.12. The van der Waals surface area contributed by atoms with Gasteiger partial charge in [0, 0.05) is 11.9 Å². The van der Waals surface area contributed by atoms with E-state index in [0.717, 1.165) is 42.4 Å². The molecule has 0 radical (unpaired) electrons. The first-order valence-electron chi connectivity index (χ1n) is 8.86. The summed E-state index contributed by atoms with van der Waals surface area (Å²) in [5, 5.41) is 6.20. The first-order valence-corrected chi connectivity index (χ1v) is 9.68. The molecule has 0 fully saturated rings. The lowest BCUT2D eigenvalue weighted by Crippen LogP contribution is -2.24. The second-order valence-corrected chi connectivity index (χ2v) is 7.63. The quantitative estimate of drug-likeness (QED) is 0.842. The third kappa shape index (κ3) is 3.75. The topological polar surface area (TPSA) is 67.4 Å². The first-order chi connectivity index (χ1) is 12.5. The number of nitrogens with one attached hydrogen (secondary N) is 2. The summed E-state index contributed by atoms with van der Waals surface area (Å²) in [4.78, 5) is 25.9. The van der Waals surface area contributed by atoms with E-state index < -0.39 is 0 Å². The van der Waals surface area contributed by atoms with Crippen LogP contribution in [0.25, 0.3) is 0 Å². The van der Waals surface area contributed by atoms with Crippen LogP contribution in [0.5, 0.6) is 5.75 Å². The van der Waals surface area contributed by atoms with Gasteiger partial charge in [-0.25, -0.2) is 0 Å². The van der Waals surface area contributed by atoms with Crippen molar-refractivity contribution in [3.63, 3.8) is 0 Å². The Morgan fingerprint density at radius 3 is 2.73 bits per heavy atom. The van der Waals surface area contributed by atoms with E-state index in [9.17, 15) is 9.59 Å². The minimum Gasteiger partial charge on any atom is -0.483 e. The Bertz CT molecular complexity index is 842. The molecule has 5 nitrogen and oxygen atoms in total. The molecular formula is C20H24N2O3S. The summed E-state index contributed by atoms with van der Waals surface area (Å²) >= 11 is 1.51. The zero-order valence-electron chi connectivity index (χ0n) is 15.4. The van der Waals surface area contributed by atoms with Crippen LogP contribution >= 0.6 is 11.3 Å². The summed E-state index contributed by atoms with van der Waals surface area (Å²) in [6, 6.07) is 5.77. The maximum absolute atomic E-state index is 12.4. The van der Waals surface area contributed by atoms with Crippen molar-refractivity contribution < 1.29 is 14.3 Å². The molecule has 6 heteroatoms. The third-order valence-corrected chi connectivity index (χ3v) is 6.00. The molecular weight excluding hydrogens is 348 g/mol. The van der Waals surface area contributed by atoms with Crippen molar-refractivity contribution in [2.45, 2.75) is 39.5 Å². The molecule has 2 amide bonds. The van der Waals surface area contributed by atoms with Crippen LogP contribution in [0.1, 0.15) is 44.8 Å². The predicted octanol–water partition coefficient (Wildman–Crippen LogP) is 3.62. The summed E-state index contributed by atoms with van der Waals surface area (Å²) in [5.41, 5.74) is 3.85. The van der Waals surface area contributed by atoms with Gasteiger partial charge in [-0.1, -0.05) is 12.1 Å². The molecule has 0 atom stereocenters. The van der Waals surface area contributed by atoms with Crippen LogP contribution in [0.15, 0.2) is 18.2 Å². The van der Waals surface area contributed by atoms with Crippen LogP contribution in [0.4, 0.5) is 5.00 Å². The molecule has 1 aromatic heterocycles. The monoisotopic (exact) mass is 372 g/mol. The van der Waals surface area contributed by atoms with Crippen molar-refractivity contribution in [3.05, 3.63) is 45.3 Å². The van der Waals surface area contributed by atoms with Gasteiger partial charge in [-0.2, -0.15) is 0 Å². The number of rotatable bonds is 5. The standard InChI is InChI=1S/C20H24N2O3S/c1-12-7-6-9-15(13(12)2)25-11-17(23)22-20-18(19(24)21-3)14-8-4-5-10-16(14)26-20/h6-7,9H,4-5,8,10-11H2,1-3H3,(H,21,24)(H,22,23). The molecule has 0 spiro atoms. The number of aryl methyl sites for hydroxylation is 2. The summed E-state index contributed by atoms with van der Waals surface area (Å²) < 4.78 is 5.67. The van der Waals surface area contributed by atoms with Gasteiger partial charge in [-0.3, -0.25) is 9.59 Å². The van der Waals surface area contributed by atoms with E-state index in [-0.39, 0.29) is 18.4 Å². The molecule has 0 bridgehead atoms. The van der Waals surface area contributed by atoms with Crippen molar-refractivity contribution in [2.24, 2.45) is 0 Å². The Hall–Kier alpha value is -2.34. The Balaban J connectivity index is 1.74. The molecule has 1 aromatic carbocycles. The molecule has 1 aliphatic rings. The van der Waals surface area contributed by atoms with Crippen LogP contribution < -0.4 is 15.4 Å². The van der Waals surface area contributed by atoms with Crippen molar-refractivity contribution >= 4 is 28.2 Å². The molecule has 2 aromatic rings. The number of fused-ring (bicyclic) bond motifs is 1. The molecule has 0 saturated carbocycles.